The molecule has 3 aromatic rings. The Morgan fingerprint density at radius 1 is 1.31 bits per heavy atom. The number of carbonyl (C=O) groups excluding carboxylic acids is 1. The number of thioether (sulfide) groups is 1. The summed E-state index contributed by atoms with van der Waals surface area (Å²) in [7, 11) is 0. The summed E-state index contributed by atoms with van der Waals surface area (Å²) >= 11 is 7.62. The lowest BCUT2D eigenvalue weighted by Crippen LogP contribution is -2.25. The molecular formula is C20H25ClN6OS. The largest absolute Gasteiger partial charge is 0.351 e. The van der Waals surface area contributed by atoms with Gasteiger partial charge < -0.3 is 9.88 Å². The first-order chi connectivity index (χ1) is 14.0. The van der Waals surface area contributed by atoms with E-state index in [1.165, 1.54) is 0 Å². The number of nitrogens with zero attached hydrogens (tertiary/aromatic N) is 4. The SMILES string of the molecule is CSc1nnc(CCCNC(=O)c2cc(-c3cccc(Cl)c3)n[nH]2)n1CC(C)C. The van der Waals surface area contributed by atoms with Gasteiger partial charge >= 0.3 is 0 Å². The van der Waals surface area contributed by atoms with Crippen molar-refractivity contribution >= 4 is 29.3 Å². The molecule has 0 aliphatic heterocycles. The van der Waals surface area contributed by atoms with Crippen molar-refractivity contribution in [1.82, 2.24) is 30.3 Å². The third-order valence-electron chi connectivity index (χ3n) is 4.33. The van der Waals surface area contributed by atoms with Crippen LogP contribution in [0, 0.1) is 5.92 Å². The molecule has 0 saturated carbocycles. The highest BCUT2D eigenvalue weighted by atomic mass is 35.5. The second-order valence-electron chi connectivity index (χ2n) is 7.14. The Balaban J connectivity index is 1.53. The summed E-state index contributed by atoms with van der Waals surface area (Å²) in [6.07, 6.45) is 3.55. The van der Waals surface area contributed by atoms with Crippen LogP contribution in [0.5, 0.6) is 0 Å². The molecule has 154 valence electrons. The third-order valence-corrected chi connectivity index (χ3v) is 5.23. The molecule has 0 aliphatic carbocycles. The van der Waals surface area contributed by atoms with Crippen LogP contribution >= 0.6 is 23.4 Å². The maximum Gasteiger partial charge on any atom is 0.269 e. The van der Waals surface area contributed by atoms with Crippen molar-refractivity contribution in [3.8, 4) is 11.3 Å². The van der Waals surface area contributed by atoms with Gasteiger partial charge in [0, 0.05) is 30.1 Å². The lowest BCUT2D eigenvalue weighted by atomic mass is 10.1. The van der Waals surface area contributed by atoms with Gasteiger partial charge in [-0.3, -0.25) is 9.89 Å². The van der Waals surface area contributed by atoms with Crippen LogP contribution in [-0.4, -0.2) is 43.7 Å². The van der Waals surface area contributed by atoms with Gasteiger partial charge in [-0.1, -0.05) is 49.3 Å². The van der Waals surface area contributed by atoms with Gasteiger partial charge in [0.15, 0.2) is 5.16 Å². The number of nitrogens with one attached hydrogen (secondary N) is 2. The summed E-state index contributed by atoms with van der Waals surface area (Å²) in [4.78, 5) is 12.4. The molecule has 9 heteroatoms. The maximum atomic E-state index is 12.4. The van der Waals surface area contributed by atoms with Crippen molar-refractivity contribution < 1.29 is 4.79 Å². The van der Waals surface area contributed by atoms with E-state index in [0.717, 1.165) is 35.9 Å². The molecule has 0 spiro atoms. The summed E-state index contributed by atoms with van der Waals surface area (Å²) in [5.74, 6) is 1.30. The molecule has 0 radical (unpaired) electrons. The Morgan fingerprint density at radius 2 is 2.14 bits per heavy atom. The van der Waals surface area contributed by atoms with E-state index in [9.17, 15) is 4.79 Å². The highest BCUT2D eigenvalue weighted by molar-refractivity contribution is 7.98. The minimum absolute atomic E-state index is 0.181. The van der Waals surface area contributed by atoms with Crippen LogP contribution in [0.25, 0.3) is 11.3 Å². The van der Waals surface area contributed by atoms with Gasteiger partial charge in [0.1, 0.15) is 11.5 Å². The zero-order valence-corrected chi connectivity index (χ0v) is 18.3. The summed E-state index contributed by atoms with van der Waals surface area (Å²) in [6, 6.07) is 9.10. The van der Waals surface area contributed by atoms with Crippen LogP contribution in [0.1, 0.15) is 36.6 Å². The van der Waals surface area contributed by atoms with Crippen LogP contribution in [0.3, 0.4) is 0 Å². The van der Waals surface area contributed by atoms with Crippen molar-refractivity contribution in [1.29, 1.82) is 0 Å². The molecule has 1 amide bonds. The number of benzene rings is 1. The quantitative estimate of drug-likeness (QED) is 0.393. The fourth-order valence-electron chi connectivity index (χ4n) is 2.98. The molecule has 3 rings (SSSR count). The predicted molar refractivity (Wildman–Crippen MR) is 116 cm³/mol. The number of aromatic nitrogens is 5. The first-order valence-electron chi connectivity index (χ1n) is 9.53. The van der Waals surface area contributed by atoms with Gasteiger partial charge in [-0.25, -0.2) is 0 Å². The van der Waals surface area contributed by atoms with Gasteiger partial charge in [0.25, 0.3) is 5.91 Å². The monoisotopic (exact) mass is 432 g/mol. The Morgan fingerprint density at radius 3 is 2.86 bits per heavy atom. The molecule has 29 heavy (non-hydrogen) atoms. The first kappa shape index (κ1) is 21.4. The molecular weight excluding hydrogens is 408 g/mol. The van der Waals surface area contributed by atoms with Crippen LogP contribution < -0.4 is 5.32 Å². The summed E-state index contributed by atoms with van der Waals surface area (Å²) in [6.45, 7) is 5.80. The Hall–Kier alpha value is -2.32. The van der Waals surface area contributed by atoms with Crippen LogP contribution in [-0.2, 0) is 13.0 Å². The van der Waals surface area contributed by atoms with Gasteiger partial charge in [-0.15, -0.1) is 10.2 Å². The minimum atomic E-state index is -0.181. The highest BCUT2D eigenvalue weighted by Crippen LogP contribution is 2.21. The van der Waals surface area contributed by atoms with Crippen molar-refractivity contribution in [2.45, 2.75) is 38.4 Å². The first-order valence-corrected chi connectivity index (χ1v) is 11.1. The molecule has 0 atom stereocenters. The average Bonchev–Trinajstić information content (AvgIpc) is 3.32. The smallest absolute Gasteiger partial charge is 0.269 e. The highest BCUT2D eigenvalue weighted by Gasteiger charge is 2.14. The fraction of sp³-hybridized carbons (Fsp3) is 0.400. The van der Waals surface area contributed by atoms with Crippen LogP contribution in [0.2, 0.25) is 5.02 Å². The standard InChI is InChI=1S/C20H25ClN6OS/c1-13(2)12-27-18(25-26-20(27)29-3)8-5-9-22-19(28)17-11-16(23-24-17)14-6-4-7-15(21)10-14/h4,6-7,10-11,13H,5,8-9,12H2,1-3H3,(H,22,28)(H,23,24). The normalized spacial score (nSPS) is 11.2. The van der Waals surface area contributed by atoms with Crippen molar-refractivity contribution in [2.75, 3.05) is 12.8 Å². The van der Waals surface area contributed by atoms with E-state index in [1.54, 1.807) is 23.9 Å². The van der Waals surface area contributed by atoms with Gasteiger partial charge in [-0.05, 0) is 36.8 Å². The molecule has 2 N–H and O–H groups in total. The average molecular weight is 433 g/mol. The molecule has 1 aromatic carbocycles. The number of amides is 1. The molecule has 7 nitrogen and oxygen atoms in total. The lowest BCUT2D eigenvalue weighted by molar-refractivity contribution is 0.0948. The van der Waals surface area contributed by atoms with E-state index in [2.05, 4.69) is 44.1 Å². The van der Waals surface area contributed by atoms with E-state index in [0.29, 0.717) is 28.9 Å². The Labute approximate surface area is 179 Å². The summed E-state index contributed by atoms with van der Waals surface area (Å²) in [5, 5.41) is 20.1. The minimum Gasteiger partial charge on any atom is -0.351 e. The molecule has 2 heterocycles. The fourth-order valence-corrected chi connectivity index (χ4v) is 3.69. The molecule has 0 aliphatic rings. The molecule has 0 saturated heterocycles. The van der Waals surface area contributed by atoms with Crippen molar-refractivity contribution in [3.63, 3.8) is 0 Å². The number of rotatable bonds is 9. The van der Waals surface area contributed by atoms with E-state index in [4.69, 9.17) is 11.6 Å². The Kier molecular flexibility index (Phi) is 7.33. The Bertz CT molecular complexity index is 968. The number of halogens is 1. The number of aryl methyl sites for hydroxylation is 1. The second-order valence-corrected chi connectivity index (χ2v) is 8.35. The van der Waals surface area contributed by atoms with Gasteiger partial charge in [0.2, 0.25) is 0 Å². The molecule has 0 unspecified atom stereocenters. The van der Waals surface area contributed by atoms with Gasteiger partial charge in [0.05, 0.1) is 5.69 Å². The summed E-state index contributed by atoms with van der Waals surface area (Å²) < 4.78 is 2.17. The zero-order valence-electron chi connectivity index (χ0n) is 16.8. The number of H-pyrrole nitrogens is 1. The number of carbonyl (C=O) groups is 1. The van der Waals surface area contributed by atoms with Gasteiger partial charge in [-0.2, -0.15) is 5.10 Å². The molecule has 0 bridgehead atoms. The lowest BCUT2D eigenvalue weighted by Gasteiger charge is -2.11. The predicted octanol–water partition coefficient (Wildman–Crippen LogP) is 4.06. The third kappa shape index (κ3) is 5.61. The van der Waals surface area contributed by atoms with Crippen LogP contribution in [0.15, 0.2) is 35.5 Å². The van der Waals surface area contributed by atoms with E-state index in [-0.39, 0.29) is 5.91 Å². The molecule has 0 fully saturated rings. The maximum absolute atomic E-state index is 12.4. The van der Waals surface area contributed by atoms with Crippen LogP contribution in [0.4, 0.5) is 0 Å². The zero-order chi connectivity index (χ0) is 20.8. The van der Waals surface area contributed by atoms with Crippen molar-refractivity contribution in [3.05, 3.63) is 46.9 Å². The number of hydrogen-bond acceptors (Lipinski definition) is 5. The second kappa shape index (κ2) is 9.93. The number of hydrogen-bond donors (Lipinski definition) is 2. The molecule has 2 aromatic heterocycles. The van der Waals surface area contributed by atoms with E-state index >= 15 is 0 Å². The topological polar surface area (TPSA) is 88.5 Å². The number of aromatic amines is 1. The van der Waals surface area contributed by atoms with E-state index < -0.39 is 0 Å². The summed E-state index contributed by atoms with van der Waals surface area (Å²) in [5.41, 5.74) is 1.97. The van der Waals surface area contributed by atoms with Crippen molar-refractivity contribution in [2.24, 2.45) is 5.92 Å². The van der Waals surface area contributed by atoms with E-state index in [1.807, 2.05) is 24.5 Å².